The van der Waals surface area contributed by atoms with E-state index in [1.165, 1.54) is 23.8 Å². The van der Waals surface area contributed by atoms with E-state index in [1.54, 1.807) is 37.4 Å². The molecule has 1 aromatic carbocycles. The van der Waals surface area contributed by atoms with Crippen LogP contribution < -0.4 is 15.2 Å². The van der Waals surface area contributed by atoms with Gasteiger partial charge in [0.15, 0.2) is 11.4 Å². The van der Waals surface area contributed by atoms with Crippen molar-refractivity contribution in [2.75, 3.05) is 25.7 Å². The Bertz CT molecular complexity index is 1540. The highest BCUT2D eigenvalue weighted by Gasteiger charge is 2.27. The van der Waals surface area contributed by atoms with Gasteiger partial charge in [0.1, 0.15) is 15.7 Å². The van der Waals surface area contributed by atoms with E-state index in [-0.39, 0.29) is 23.1 Å². The van der Waals surface area contributed by atoms with E-state index in [9.17, 15) is 17.6 Å². The maximum atomic E-state index is 13.4. The van der Waals surface area contributed by atoms with Crippen LogP contribution in [0.2, 0.25) is 0 Å². The van der Waals surface area contributed by atoms with Crippen molar-refractivity contribution in [3.63, 3.8) is 0 Å². The molecule has 11 heteroatoms. The second-order valence-corrected chi connectivity index (χ2v) is 10.3. The van der Waals surface area contributed by atoms with Crippen LogP contribution in [0.5, 0.6) is 11.6 Å². The van der Waals surface area contributed by atoms with E-state index in [0.717, 1.165) is 11.8 Å². The maximum Gasteiger partial charge on any atom is 0.328 e. The standard InChI is InChI=1S/C24H25FN4O5S/c1-5-34-23-20(33-3)11-10-18(27-23)19(13-35(4,31)32)29-22-21(28-24(29)30)14(2)17(12-26-22)15-6-8-16(25)9-7-15/h6-12,19H,5,13H2,1-4H3,(H,28,30)/t19-/m1/s1. The molecule has 0 bridgehead atoms. The quantitative estimate of drug-likeness (QED) is 0.395. The third-order valence-corrected chi connectivity index (χ3v) is 6.54. The summed E-state index contributed by atoms with van der Waals surface area (Å²) in [5, 5.41) is 0. The van der Waals surface area contributed by atoms with Crippen LogP contribution in [-0.4, -0.2) is 53.7 Å². The van der Waals surface area contributed by atoms with Crippen LogP contribution in [0.1, 0.15) is 24.2 Å². The number of nitrogens with one attached hydrogen (secondary N) is 1. The molecule has 4 rings (SSSR count). The summed E-state index contributed by atoms with van der Waals surface area (Å²) in [4.78, 5) is 24.9. The molecule has 0 saturated carbocycles. The fraction of sp³-hybridized carbons (Fsp3) is 0.292. The number of fused-ring (bicyclic) bond motifs is 1. The first-order valence-electron chi connectivity index (χ1n) is 10.8. The molecule has 0 amide bonds. The highest BCUT2D eigenvalue weighted by Crippen LogP contribution is 2.31. The topological polar surface area (TPSA) is 116 Å². The second kappa shape index (κ2) is 9.49. The molecule has 0 fully saturated rings. The first kappa shape index (κ1) is 24.4. The molecule has 0 aliphatic rings. The largest absolute Gasteiger partial charge is 0.491 e. The molecule has 3 heterocycles. The van der Waals surface area contributed by atoms with Crippen molar-refractivity contribution < 1.29 is 22.3 Å². The number of imidazole rings is 1. The van der Waals surface area contributed by atoms with Gasteiger partial charge in [0.25, 0.3) is 5.88 Å². The number of aryl methyl sites for hydroxylation is 1. The van der Waals surface area contributed by atoms with Crippen LogP contribution in [-0.2, 0) is 9.84 Å². The highest BCUT2D eigenvalue weighted by molar-refractivity contribution is 7.90. The Kier molecular flexibility index (Phi) is 6.62. The minimum absolute atomic E-state index is 0.196. The molecule has 1 atom stereocenters. The number of halogens is 1. The number of aromatic nitrogens is 4. The third kappa shape index (κ3) is 4.90. The summed E-state index contributed by atoms with van der Waals surface area (Å²) in [6, 6.07) is 8.20. The number of aromatic amines is 1. The van der Waals surface area contributed by atoms with Crippen molar-refractivity contribution in [1.29, 1.82) is 0 Å². The average molecular weight is 501 g/mol. The second-order valence-electron chi connectivity index (χ2n) is 8.09. The zero-order valence-electron chi connectivity index (χ0n) is 19.7. The van der Waals surface area contributed by atoms with Gasteiger partial charge < -0.3 is 14.5 Å². The number of methoxy groups -OCH3 is 1. The predicted octanol–water partition coefficient (Wildman–Crippen LogP) is 3.28. The molecule has 0 saturated heterocycles. The summed E-state index contributed by atoms with van der Waals surface area (Å²) in [5.41, 5.74) is 2.68. The first-order chi connectivity index (χ1) is 16.6. The van der Waals surface area contributed by atoms with Gasteiger partial charge in [0.05, 0.1) is 36.7 Å². The number of hydrogen-bond acceptors (Lipinski definition) is 7. The Morgan fingerprint density at radius 3 is 2.51 bits per heavy atom. The minimum Gasteiger partial charge on any atom is -0.491 e. The van der Waals surface area contributed by atoms with Gasteiger partial charge in [-0.1, -0.05) is 12.1 Å². The number of benzene rings is 1. The van der Waals surface area contributed by atoms with Gasteiger partial charge in [0.2, 0.25) is 0 Å². The molecule has 35 heavy (non-hydrogen) atoms. The van der Waals surface area contributed by atoms with E-state index in [4.69, 9.17) is 9.47 Å². The van der Waals surface area contributed by atoms with E-state index in [2.05, 4.69) is 15.0 Å². The number of nitrogens with zero attached hydrogens (tertiary/aromatic N) is 3. The van der Waals surface area contributed by atoms with Gasteiger partial charge in [0, 0.05) is 18.0 Å². The fourth-order valence-electron chi connectivity index (χ4n) is 4.00. The summed E-state index contributed by atoms with van der Waals surface area (Å²) < 4.78 is 50.2. The molecular formula is C24H25FN4O5S. The smallest absolute Gasteiger partial charge is 0.328 e. The lowest BCUT2D eigenvalue weighted by molar-refractivity contribution is 0.296. The van der Waals surface area contributed by atoms with E-state index in [1.807, 2.05) is 6.92 Å². The lowest BCUT2D eigenvalue weighted by atomic mass is 10.0. The molecule has 0 spiro atoms. The third-order valence-electron chi connectivity index (χ3n) is 5.61. The van der Waals surface area contributed by atoms with Gasteiger partial charge in [-0.15, -0.1) is 0 Å². The van der Waals surface area contributed by atoms with Crippen molar-refractivity contribution in [2.24, 2.45) is 0 Å². The molecule has 1 N–H and O–H groups in total. The molecule has 0 aliphatic heterocycles. The highest BCUT2D eigenvalue weighted by atomic mass is 32.2. The lowest BCUT2D eigenvalue weighted by Gasteiger charge is -2.19. The van der Waals surface area contributed by atoms with Crippen molar-refractivity contribution in [3.05, 3.63) is 70.2 Å². The van der Waals surface area contributed by atoms with Crippen molar-refractivity contribution >= 4 is 21.0 Å². The summed E-state index contributed by atoms with van der Waals surface area (Å²) in [5.74, 6) is -0.160. The van der Waals surface area contributed by atoms with Crippen LogP contribution in [0, 0.1) is 12.7 Å². The minimum atomic E-state index is -3.54. The van der Waals surface area contributed by atoms with Crippen LogP contribution in [0.3, 0.4) is 0 Å². The summed E-state index contributed by atoms with van der Waals surface area (Å²) in [7, 11) is -2.06. The molecule has 0 radical (unpaired) electrons. The van der Waals surface area contributed by atoms with Gasteiger partial charge in [-0.2, -0.15) is 0 Å². The van der Waals surface area contributed by atoms with Gasteiger partial charge in [-0.25, -0.2) is 27.6 Å². The number of pyridine rings is 2. The fourth-order valence-corrected chi connectivity index (χ4v) is 4.89. The SMILES string of the molecule is CCOc1nc([C@@H](CS(C)(=O)=O)n2c(=O)[nH]c3c(C)c(-c4ccc(F)cc4)cnc32)ccc1OC. The van der Waals surface area contributed by atoms with Crippen LogP contribution in [0.15, 0.2) is 47.4 Å². The Morgan fingerprint density at radius 1 is 1.17 bits per heavy atom. The zero-order chi connectivity index (χ0) is 25.3. The normalized spacial score (nSPS) is 12.6. The van der Waals surface area contributed by atoms with Gasteiger partial charge in [-0.05, 0) is 49.2 Å². The zero-order valence-corrected chi connectivity index (χ0v) is 20.5. The molecular weight excluding hydrogens is 475 g/mol. The molecule has 9 nitrogen and oxygen atoms in total. The summed E-state index contributed by atoms with van der Waals surface area (Å²) in [6.07, 6.45) is 2.68. The Morgan fingerprint density at radius 2 is 1.89 bits per heavy atom. The van der Waals surface area contributed by atoms with Crippen molar-refractivity contribution in [3.8, 4) is 22.8 Å². The van der Waals surface area contributed by atoms with Crippen LogP contribution in [0.25, 0.3) is 22.3 Å². The molecule has 3 aromatic heterocycles. The molecule has 0 unspecified atom stereocenters. The summed E-state index contributed by atoms with van der Waals surface area (Å²) >= 11 is 0. The summed E-state index contributed by atoms with van der Waals surface area (Å²) in [6.45, 7) is 3.92. The Balaban J connectivity index is 1.91. The Hall–Kier alpha value is -3.73. The van der Waals surface area contributed by atoms with Gasteiger partial charge >= 0.3 is 5.69 Å². The predicted molar refractivity (Wildman–Crippen MR) is 130 cm³/mol. The van der Waals surface area contributed by atoms with Crippen LogP contribution in [0.4, 0.5) is 4.39 Å². The van der Waals surface area contributed by atoms with Crippen LogP contribution >= 0.6 is 0 Å². The Labute approximate surface area is 201 Å². The van der Waals surface area contributed by atoms with Crippen molar-refractivity contribution in [2.45, 2.75) is 19.9 Å². The average Bonchev–Trinajstić information content (AvgIpc) is 3.15. The van der Waals surface area contributed by atoms with E-state index < -0.39 is 21.6 Å². The number of hydrogen-bond donors (Lipinski definition) is 1. The molecule has 4 aromatic rings. The maximum absolute atomic E-state index is 13.4. The van der Waals surface area contributed by atoms with E-state index >= 15 is 0 Å². The molecule has 0 aliphatic carbocycles. The number of sulfone groups is 1. The monoisotopic (exact) mass is 500 g/mol. The number of H-pyrrole nitrogens is 1. The lowest BCUT2D eigenvalue weighted by Crippen LogP contribution is -2.29. The first-order valence-corrected chi connectivity index (χ1v) is 12.9. The number of rotatable bonds is 8. The van der Waals surface area contributed by atoms with E-state index in [0.29, 0.717) is 34.7 Å². The van der Waals surface area contributed by atoms with Gasteiger partial charge in [-0.3, -0.25) is 4.57 Å². The molecule has 184 valence electrons. The van der Waals surface area contributed by atoms with Crippen molar-refractivity contribution in [1.82, 2.24) is 19.5 Å². The number of ether oxygens (including phenoxy) is 2.